The van der Waals surface area contributed by atoms with E-state index in [2.05, 4.69) is 77.6 Å². The third kappa shape index (κ3) is 4.18. The van der Waals surface area contributed by atoms with Gasteiger partial charge in [0, 0.05) is 4.47 Å². The molecule has 1 nitrogen and oxygen atoms in total. The van der Waals surface area contributed by atoms with Gasteiger partial charge >= 0.3 is 0 Å². The maximum absolute atomic E-state index is 3.57. The van der Waals surface area contributed by atoms with Crippen LogP contribution in [0.15, 0.2) is 46.9 Å². The van der Waals surface area contributed by atoms with Crippen LogP contribution < -0.4 is 5.32 Å². The summed E-state index contributed by atoms with van der Waals surface area (Å²) in [4.78, 5) is 0. The van der Waals surface area contributed by atoms with Gasteiger partial charge in [-0.25, -0.2) is 0 Å². The van der Waals surface area contributed by atoms with Crippen molar-refractivity contribution in [1.29, 1.82) is 0 Å². The van der Waals surface area contributed by atoms with Crippen LogP contribution in [-0.4, -0.2) is 7.05 Å². The van der Waals surface area contributed by atoms with E-state index in [4.69, 9.17) is 0 Å². The first-order valence-electron chi connectivity index (χ1n) is 7.68. The highest BCUT2D eigenvalue weighted by molar-refractivity contribution is 9.10. The molecule has 0 fully saturated rings. The quantitative estimate of drug-likeness (QED) is 0.737. The van der Waals surface area contributed by atoms with Gasteiger partial charge < -0.3 is 5.32 Å². The van der Waals surface area contributed by atoms with Crippen molar-refractivity contribution in [3.8, 4) is 0 Å². The maximum Gasteiger partial charge on any atom is 0.0574 e. The lowest BCUT2D eigenvalue weighted by molar-refractivity contribution is 0.690. The first-order valence-corrected chi connectivity index (χ1v) is 8.47. The van der Waals surface area contributed by atoms with Crippen LogP contribution in [-0.2, 0) is 6.42 Å². The largest absolute Gasteiger partial charge is 0.309 e. The summed E-state index contributed by atoms with van der Waals surface area (Å²) in [6.45, 7) is 4.37. The Morgan fingerprint density at radius 2 is 1.71 bits per heavy atom. The number of rotatable bonds is 6. The molecule has 1 unspecified atom stereocenters. The normalized spacial score (nSPS) is 12.4. The fourth-order valence-corrected chi connectivity index (χ4v) is 2.88. The summed E-state index contributed by atoms with van der Waals surface area (Å²) in [5.41, 5.74) is 5.33. The fourth-order valence-electron chi connectivity index (χ4n) is 2.63. The van der Waals surface area contributed by atoms with Crippen molar-refractivity contribution >= 4 is 15.9 Å². The van der Waals surface area contributed by atoms with Crippen LogP contribution in [0.2, 0.25) is 0 Å². The summed E-state index contributed by atoms with van der Waals surface area (Å²) >= 11 is 3.57. The average molecular weight is 346 g/mol. The first kappa shape index (κ1) is 16.3. The van der Waals surface area contributed by atoms with Crippen LogP contribution >= 0.6 is 15.9 Å². The van der Waals surface area contributed by atoms with Crippen LogP contribution in [0, 0.1) is 6.92 Å². The number of halogens is 1. The van der Waals surface area contributed by atoms with E-state index in [0.717, 1.165) is 4.47 Å². The molecule has 0 aliphatic heterocycles. The van der Waals surface area contributed by atoms with Crippen LogP contribution in [0.1, 0.15) is 48.1 Å². The molecule has 0 aromatic heterocycles. The van der Waals surface area contributed by atoms with Gasteiger partial charge in [0.25, 0.3) is 0 Å². The van der Waals surface area contributed by atoms with E-state index >= 15 is 0 Å². The molecule has 1 N–H and O–H groups in total. The van der Waals surface area contributed by atoms with E-state index < -0.39 is 0 Å². The second kappa shape index (κ2) is 7.77. The molecular weight excluding hydrogens is 322 g/mol. The smallest absolute Gasteiger partial charge is 0.0574 e. The Bertz CT molecular complexity index is 575. The minimum atomic E-state index is 0.247. The van der Waals surface area contributed by atoms with Gasteiger partial charge in [0.1, 0.15) is 0 Å². The maximum atomic E-state index is 3.57. The minimum Gasteiger partial charge on any atom is -0.309 e. The molecule has 21 heavy (non-hydrogen) atoms. The van der Waals surface area contributed by atoms with Gasteiger partial charge in [-0.3, -0.25) is 0 Å². The molecule has 0 aliphatic carbocycles. The van der Waals surface area contributed by atoms with Gasteiger partial charge in [0.2, 0.25) is 0 Å². The van der Waals surface area contributed by atoms with Gasteiger partial charge in [-0.15, -0.1) is 0 Å². The van der Waals surface area contributed by atoms with E-state index in [0.29, 0.717) is 0 Å². The van der Waals surface area contributed by atoms with E-state index in [9.17, 15) is 0 Å². The highest BCUT2D eigenvalue weighted by Gasteiger charge is 2.12. The predicted molar refractivity (Wildman–Crippen MR) is 94.8 cm³/mol. The number of nitrogens with one attached hydrogen (secondary N) is 1. The van der Waals surface area contributed by atoms with E-state index in [1.54, 1.807) is 0 Å². The van der Waals surface area contributed by atoms with E-state index in [1.165, 1.54) is 41.5 Å². The molecule has 2 heteroatoms. The molecule has 112 valence electrons. The Morgan fingerprint density at radius 1 is 1.05 bits per heavy atom. The Kier molecular flexibility index (Phi) is 6.01. The first-order chi connectivity index (χ1) is 10.2. The van der Waals surface area contributed by atoms with Crippen LogP contribution in [0.5, 0.6) is 0 Å². The number of hydrogen-bond donors (Lipinski definition) is 1. The minimum absolute atomic E-state index is 0.247. The predicted octanol–water partition coefficient (Wildman–Crippen LogP) is 5.41. The number of unbranched alkanes of at least 4 members (excludes halogenated alkanes) is 1. The molecule has 0 spiro atoms. The van der Waals surface area contributed by atoms with Crippen molar-refractivity contribution in [3.63, 3.8) is 0 Å². The molecular formula is C19H24BrN. The summed E-state index contributed by atoms with van der Waals surface area (Å²) in [6.07, 6.45) is 3.69. The van der Waals surface area contributed by atoms with Crippen molar-refractivity contribution in [3.05, 3.63) is 69.2 Å². The highest BCUT2D eigenvalue weighted by atomic mass is 79.9. The topological polar surface area (TPSA) is 12.0 Å². The average Bonchev–Trinajstić information content (AvgIpc) is 2.50. The Balaban J connectivity index is 2.22. The number of benzene rings is 2. The molecule has 0 saturated carbocycles. The SMILES string of the molecule is CCCCc1ccc(C(NC)c2ccc(Br)c(C)c2)cc1. The zero-order chi connectivity index (χ0) is 15.2. The lowest BCUT2D eigenvalue weighted by Crippen LogP contribution is -2.17. The van der Waals surface area contributed by atoms with Crippen LogP contribution in [0.3, 0.4) is 0 Å². The van der Waals surface area contributed by atoms with E-state index in [1.807, 2.05) is 7.05 Å². The zero-order valence-electron chi connectivity index (χ0n) is 13.1. The Labute approximate surface area is 136 Å². The van der Waals surface area contributed by atoms with Crippen molar-refractivity contribution in [2.75, 3.05) is 7.05 Å². The molecule has 2 aromatic rings. The Hall–Kier alpha value is -1.12. The summed E-state index contributed by atoms with van der Waals surface area (Å²) in [6, 6.07) is 15.8. The standard InChI is InChI=1S/C19H24BrN/c1-4-5-6-15-7-9-16(10-8-15)19(21-3)17-11-12-18(20)14(2)13-17/h7-13,19,21H,4-6H2,1-3H3. The van der Waals surface area contributed by atoms with Crippen molar-refractivity contribution < 1.29 is 0 Å². The molecule has 0 bridgehead atoms. The zero-order valence-corrected chi connectivity index (χ0v) is 14.7. The molecule has 1 atom stereocenters. The molecule has 0 heterocycles. The monoisotopic (exact) mass is 345 g/mol. The number of aryl methyl sites for hydroxylation is 2. The summed E-state index contributed by atoms with van der Waals surface area (Å²) < 4.78 is 1.16. The molecule has 0 amide bonds. The molecule has 0 radical (unpaired) electrons. The summed E-state index contributed by atoms with van der Waals surface area (Å²) in [7, 11) is 2.02. The van der Waals surface area contributed by atoms with Crippen LogP contribution in [0.4, 0.5) is 0 Å². The highest BCUT2D eigenvalue weighted by Crippen LogP contribution is 2.26. The lowest BCUT2D eigenvalue weighted by atomic mass is 9.96. The second-order valence-corrected chi connectivity index (χ2v) is 6.43. The molecule has 0 aliphatic rings. The third-order valence-corrected chi connectivity index (χ3v) is 4.83. The van der Waals surface area contributed by atoms with Crippen molar-refractivity contribution in [2.24, 2.45) is 0 Å². The van der Waals surface area contributed by atoms with E-state index in [-0.39, 0.29) is 6.04 Å². The van der Waals surface area contributed by atoms with Gasteiger partial charge in [0.15, 0.2) is 0 Å². The summed E-state index contributed by atoms with van der Waals surface area (Å²) in [5, 5.41) is 3.43. The summed E-state index contributed by atoms with van der Waals surface area (Å²) in [5.74, 6) is 0. The van der Waals surface area contributed by atoms with Gasteiger partial charge in [-0.2, -0.15) is 0 Å². The molecule has 0 saturated heterocycles. The van der Waals surface area contributed by atoms with Gasteiger partial charge in [-0.1, -0.05) is 65.7 Å². The van der Waals surface area contributed by atoms with Crippen molar-refractivity contribution in [1.82, 2.24) is 5.32 Å². The van der Waals surface area contributed by atoms with Gasteiger partial charge in [0.05, 0.1) is 6.04 Å². The second-order valence-electron chi connectivity index (χ2n) is 5.58. The lowest BCUT2D eigenvalue weighted by Gasteiger charge is -2.18. The van der Waals surface area contributed by atoms with Crippen LogP contribution in [0.25, 0.3) is 0 Å². The third-order valence-electron chi connectivity index (χ3n) is 3.94. The van der Waals surface area contributed by atoms with Gasteiger partial charge in [-0.05, 0) is 55.1 Å². The van der Waals surface area contributed by atoms with Crippen molar-refractivity contribution in [2.45, 2.75) is 39.2 Å². The molecule has 2 rings (SSSR count). The molecule has 2 aromatic carbocycles. The number of hydrogen-bond acceptors (Lipinski definition) is 1. The fraction of sp³-hybridized carbons (Fsp3) is 0.368. The Morgan fingerprint density at radius 3 is 2.29 bits per heavy atom.